The van der Waals surface area contributed by atoms with E-state index in [0.29, 0.717) is 26.2 Å². The predicted octanol–water partition coefficient (Wildman–Crippen LogP) is 2.75. The molecule has 0 fully saturated rings. The van der Waals surface area contributed by atoms with Crippen LogP contribution in [-0.2, 0) is 14.2 Å². The SMILES string of the molecule is CCCCOC(=O)OCCC(C)OCC. The minimum atomic E-state index is -0.577. The molecule has 0 saturated heterocycles. The zero-order chi connectivity index (χ0) is 11.5. The van der Waals surface area contributed by atoms with Gasteiger partial charge in [-0.1, -0.05) is 13.3 Å². The van der Waals surface area contributed by atoms with Crippen LogP contribution in [0.15, 0.2) is 0 Å². The molecule has 0 amide bonds. The zero-order valence-corrected chi connectivity index (χ0v) is 9.95. The van der Waals surface area contributed by atoms with Gasteiger partial charge in [-0.15, -0.1) is 0 Å². The van der Waals surface area contributed by atoms with E-state index in [0.717, 1.165) is 12.8 Å². The summed E-state index contributed by atoms with van der Waals surface area (Å²) >= 11 is 0. The molecule has 4 heteroatoms. The van der Waals surface area contributed by atoms with E-state index >= 15 is 0 Å². The molecule has 0 radical (unpaired) electrons. The van der Waals surface area contributed by atoms with E-state index in [1.807, 2.05) is 20.8 Å². The van der Waals surface area contributed by atoms with Crippen LogP contribution in [0.5, 0.6) is 0 Å². The molecule has 0 N–H and O–H groups in total. The van der Waals surface area contributed by atoms with Crippen LogP contribution in [-0.4, -0.2) is 32.1 Å². The van der Waals surface area contributed by atoms with E-state index in [-0.39, 0.29) is 6.10 Å². The zero-order valence-electron chi connectivity index (χ0n) is 9.95. The number of hydrogen-bond donors (Lipinski definition) is 0. The average Bonchev–Trinajstić information content (AvgIpc) is 2.18. The van der Waals surface area contributed by atoms with Crippen LogP contribution in [0.1, 0.15) is 40.0 Å². The second-order valence-electron chi connectivity index (χ2n) is 3.36. The lowest BCUT2D eigenvalue weighted by Crippen LogP contribution is -2.15. The van der Waals surface area contributed by atoms with E-state index in [2.05, 4.69) is 0 Å². The summed E-state index contributed by atoms with van der Waals surface area (Å²) in [5.41, 5.74) is 0. The number of carbonyl (C=O) groups is 1. The fourth-order valence-corrected chi connectivity index (χ4v) is 1.02. The Bertz CT molecular complexity index is 159. The second kappa shape index (κ2) is 9.77. The number of unbranched alkanes of at least 4 members (excludes halogenated alkanes) is 1. The van der Waals surface area contributed by atoms with Crippen molar-refractivity contribution in [2.24, 2.45) is 0 Å². The van der Waals surface area contributed by atoms with Gasteiger partial charge in [0, 0.05) is 13.0 Å². The minimum Gasteiger partial charge on any atom is -0.434 e. The van der Waals surface area contributed by atoms with Gasteiger partial charge >= 0.3 is 6.16 Å². The molecular formula is C11H22O4. The van der Waals surface area contributed by atoms with Crippen LogP contribution in [0.4, 0.5) is 4.79 Å². The number of carbonyl (C=O) groups excluding carboxylic acids is 1. The molecule has 15 heavy (non-hydrogen) atoms. The fourth-order valence-electron chi connectivity index (χ4n) is 1.02. The monoisotopic (exact) mass is 218 g/mol. The topological polar surface area (TPSA) is 44.8 Å². The number of ether oxygens (including phenoxy) is 3. The molecule has 0 aromatic heterocycles. The summed E-state index contributed by atoms with van der Waals surface area (Å²) in [6.07, 6.45) is 2.14. The Morgan fingerprint density at radius 1 is 1.20 bits per heavy atom. The quantitative estimate of drug-likeness (QED) is 0.464. The molecule has 0 bridgehead atoms. The van der Waals surface area contributed by atoms with Gasteiger partial charge in [0.05, 0.1) is 19.3 Å². The maximum absolute atomic E-state index is 11.0. The van der Waals surface area contributed by atoms with Crippen LogP contribution in [0.25, 0.3) is 0 Å². The van der Waals surface area contributed by atoms with Crippen molar-refractivity contribution in [2.45, 2.75) is 46.1 Å². The lowest BCUT2D eigenvalue weighted by atomic mass is 10.3. The summed E-state index contributed by atoms with van der Waals surface area (Å²) in [4.78, 5) is 11.0. The molecule has 0 saturated carbocycles. The average molecular weight is 218 g/mol. The van der Waals surface area contributed by atoms with Gasteiger partial charge in [-0.25, -0.2) is 4.79 Å². The first kappa shape index (κ1) is 14.2. The van der Waals surface area contributed by atoms with E-state index in [1.54, 1.807) is 0 Å². The molecule has 0 aromatic rings. The van der Waals surface area contributed by atoms with Crippen molar-refractivity contribution in [1.82, 2.24) is 0 Å². The van der Waals surface area contributed by atoms with Crippen molar-refractivity contribution in [3.63, 3.8) is 0 Å². The highest BCUT2D eigenvalue weighted by Crippen LogP contribution is 1.99. The molecule has 0 aliphatic heterocycles. The summed E-state index contributed by atoms with van der Waals surface area (Å²) in [5, 5.41) is 0. The van der Waals surface area contributed by atoms with Crippen molar-refractivity contribution in [3.05, 3.63) is 0 Å². The Balaban J connectivity index is 3.30. The highest BCUT2D eigenvalue weighted by molar-refractivity contribution is 5.59. The van der Waals surface area contributed by atoms with Gasteiger partial charge in [0.15, 0.2) is 0 Å². The van der Waals surface area contributed by atoms with Crippen LogP contribution >= 0.6 is 0 Å². The third kappa shape index (κ3) is 9.53. The van der Waals surface area contributed by atoms with Gasteiger partial charge in [-0.2, -0.15) is 0 Å². The Labute approximate surface area is 91.9 Å². The molecule has 0 aromatic carbocycles. The summed E-state index contributed by atoms with van der Waals surface area (Å²) in [6.45, 7) is 7.41. The largest absolute Gasteiger partial charge is 0.508 e. The van der Waals surface area contributed by atoms with E-state index in [9.17, 15) is 4.79 Å². The third-order valence-electron chi connectivity index (χ3n) is 1.91. The predicted molar refractivity (Wildman–Crippen MR) is 57.9 cm³/mol. The third-order valence-corrected chi connectivity index (χ3v) is 1.91. The van der Waals surface area contributed by atoms with Crippen LogP contribution < -0.4 is 0 Å². The number of rotatable bonds is 8. The molecule has 1 atom stereocenters. The van der Waals surface area contributed by atoms with Crippen molar-refractivity contribution in [1.29, 1.82) is 0 Å². The van der Waals surface area contributed by atoms with Crippen molar-refractivity contribution in [3.8, 4) is 0 Å². The summed E-state index contributed by atoms with van der Waals surface area (Å²) < 4.78 is 15.0. The van der Waals surface area contributed by atoms with Crippen molar-refractivity contribution < 1.29 is 19.0 Å². The molecule has 90 valence electrons. The van der Waals surface area contributed by atoms with Gasteiger partial charge in [0.25, 0.3) is 0 Å². The molecular weight excluding hydrogens is 196 g/mol. The first-order valence-electron chi connectivity index (χ1n) is 5.61. The summed E-state index contributed by atoms with van der Waals surface area (Å²) in [5.74, 6) is 0. The normalized spacial score (nSPS) is 12.2. The highest BCUT2D eigenvalue weighted by atomic mass is 16.7. The first-order chi connectivity index (χ1) is 7.20. The summed E-state index contributed by atoms with van der Waals surface area (Å²) in [7, 11) is 0. The van der Waals surface area contributed by atoms with Gasteiger partial charge < -0.3 is 14.2 Å². The van der Waals surface area contributed by atoms with Gasteiger partial charge in [0.1, 0.15) is 0 Å². The molecule has 0 aliphatic rings. The van der Waals surface area contributed by atoms with Crippen LogP contribution in [0.2, 0.25) is 0 Å². The maximum atomic E-state index is 11.0. The van der Waals surface area contributed by atoms with E-state index in [4.69, 9.17) is 14.2 Å². The van der Waals surface area contributed by atoms with Crippen LogP contribution in [0.3, 0.4) is 0 Å². The maximum Gasteiger partial charge on any atom is 0.508 e. The lowest BCUT2D eigenvalue weighted by Gasteiger charge is -2.11. The van der Waals surface area contributed by atoms with Crippen LogP contribution in [0, 0.1) is 0 Å². The fraction of sp³-hybridized carbons (Fsp3) is 0.909. The van der Waals surface area contributed by atoms with Gasteiger partial charge in [-0.3, -0.25) is 0 Å². The molecule has 1 unspecified atom stereocenters. The second-order valence-corrected chi connectivity index (χ2v) is 3.36. The lowest BCUT2D eigenvalue weighted by molar-refractivity contribution is 0.0262. The first-order valence-corrected chi connectivity index (χ1v) is 5.61. The molecule has 0 rings (SSSR count). The Kier molecular flexibility index (Phi) is 9.27. The minimum absolute atomic E-state index is 0.124. The van der Waals surface area contributed by atoms with Gasteiger partial charge in [0.2, 0.25) is 0 Å². The number of hydrogen-bond acceptors (Lipinski definition) is 4. The van der Waals surface area contributed by atoms with E-state index < -0.39 is 6.16 Å². The summed E-state index contributed by atoms with van der Waals surface area (Å²) in [6, 6.07) is 0. The van der Waals surface area contributed by atoms with E-state index in [1.165, 1.54) is 0 Å². The standard InChI is InChI=1S/C11H22O4/c1-4-6-8-14-11(12)15-9-7-10(3)13-5-2/h10H,4-9H2,1-3H3. The Morgan fingerprint density at radius 2 is 1.87 bits per heavy atom. The smallest absolute Gasteiger partial charge is 0.434 e. The highest BCUT2D eigenvalue weighted by Gasteiger charge is 2.05. The molecule has 0 spiro atoms. The van der Waals surface area contributed by atoms with Crippen molar-refractivity contribution in [2.75, 3.05) is 19.8 Å². The Hall–Kier alpha value is -0.770. The molecule has 4 nitrogen and oxygen atoms in total. The van der Waals surface area contributed by atoms with Gasteiger partial charge in [-0.05, 0) is 20.3 Å². The Morgan fingerprint density at radius 3 is 2.47 bits per heavy atom. The molecule has 0 heterocycles. The molecule has 0 aliphatic carbocycles. The van der Waals surface area contributed by atoms with Crippen molar-refractivity contribution >= 4 is 6.16 Å².